The highest BCUT2D eigenvalue weighted by Crippen LogP contribution is 2.14. The van der Waals surface area contributed by atoms with Crippen molar-refractivity contribution >= 4 is 40.9 Å². The van der Waals surface area contributed by atoms with Crippen molar-refractivity contribution < 1.29 is 0 Å². The lowest BCUT2D eigenvalue weighted by Crippen LogP contribution is -2.50. The van der Waals surface area contributed by atoms with Crippen molar-refractivity contribution in [2.24, 2.45) is 4.99 Å². The van der Waals surface area contributed by atoms with Crippen molar-refractivity contribution in [1.29, 1.82) is 0 Å². The van der Waals surface area contributed by atoms with Gasteiger partial charge < -0.3 is 5.32 Å². The second kappa shape index (κ2) is 5.41. The molecule has 13 heavy (non-hydrogen) atoms. The fourth-order valence-corrected chi connectivity index (χ4v) is 1.40. The van der Waals surface area contributed by atoms with Crippen molar-refractivity contribution in [3.05, 3.63) is 0 Å². The van der Waals surface area contributed by atoms with E-state index < -0.39 is 0 Å². The van der Waals surface area contributed by atoms with Crippen LogP contribution in [0.1, 0.15) is 20.8 Å². The summed E-state index contributed by atoms with van der Waals surface area (Å²) in [6.07, 6.45) is 2.04. The summed E-state index contributed by atoms with van der Waals surface area (Å²) >= 11 is 1.67. The lowest BCUT2D eigenvalue weighted by atomic mass is 10.1. The number of aliphatic imine (C=N–C) groups is 1. The lowest BCUT2D eigenvalue weighted by molar-refractivity contribution is 0.131. The molecule has 1 rings (SSSR count). The van der Waals surface area contributed by atoms with Crippen molar-refractivity contribution in [3.8, 4) is 0 Å². The average Bonchev–Trinajstić information content (AvgIpc) is 2.03. The minimum Gasteiger partial charge on any atom is -0.352 e. The van der Waals surface area contributed by atoms with Gasteiger partial charge in [-0.15, -0.1) is 24.0 Å². The third kappa shape index (κ3) is 4.03. The summed E-state index contributed by atoms with van der Waals surface area (Å²) in [5.74, 6) is 0. The summed E-state index contributed by atoms with van der Waals surface area (Å²) in [6.45, 7) is 8.33. The zero-order valence-electron chi connectivity index (χ0n) is 8.63. The van der Waals surface area contributed by atoms with E-state index in [2.05, 4.69) is 36.0 Å². The van der Waals surface area contributed by atoms with E-state index in [9.17, 15) is 0 Å². The Morgan fingerprint density at radius 2 is 2.08 bits per heavy atom. The van der Waals surface area contributed by atoms with Gasteiger partial charge in [-0.1, -0.05) is 11.8 Å². The maximum atomic E-state index is 4.39. The molecule has 0 saturated carbocycles. The largest absolute Gasteiger partial charge is 0.352 e. The molecule has 0 radical (unpaired) electrons. The molecule has 1 aliphatic rings. The highest BCUT2D eigenvalue weighted by Gasteiger charge is 2.22. The summed E-state index contributed by atoms with van der Waals surface area (Å²) in [4.78, 5) is 6.69. The normalized spacial score (nSPS) is 18.6. The maximum Gasteiger partial charge on any atom is 0.158 e. The first-order valence-electron chi connectivity index (χ1n) is 4.11. The molecule has 5 heteroatoms. The number of halogens is 1. The average molecular weight is 315 g/mol. The van der Waals surface area contributed by atoms with E-state index in [1.165, 1.54) is 0 Å². The summed E-state index contributed by atoms with van der Waals surface area (Å²) in [6, 6.07) is 0. The van der Waals surface area contributed by atoms with Crippen LogP contribution >= 0.6 is 35.7 Å². The Morgan fingerprint density at radius 3 is 2.38 bits per heavy atom. The van der Waals surface area contributed by atoms with Crippen LogP contribution in [0, 0.1) is 0 Å². The van der Waals surface area contributed by atoms with Gasteiger partial charge in [0.05, 0.1) is 13.3 Å². The number of nitrogens with one attached hydrogen (secondary N) is 1. The molecule has 0 bridgehead atoms. The number of hydrogen-bond donors (Lipinski definition) is 1. The predicted molar refractivity (Wildman–Crippen MR) is 70.8 cm³/mol. The SMILES string of the molecule is CSC1=NCN(C(C)(C)C)CN1.I. The fraction of sp³-hybridized carbons (Fsp3) is 0.875. The molecule has 0 aromatic heterocycles. The van der Waals surface area contributed by atoms with Crippen molar-refractivity contribution in [1.82, 2.24) is 10.2 Å². The summed E-state index contributed by atoms with van der Waals surface area (Å²) in [5, 5.41) is 4.32. The summed E-state index contributed by atoms with van der Waals surface area (Å²) < 4.78 is 0. The van der Waals surface area contributed by atoms with Gasteiger partial charge in [0.25, 0.3) is 0 Å². The smallest absolute Gasteiger partial charge is 0.158 e. The number of nitrogens with zero attached hydrogens (tertiary/aromatic N) is 2. The molecule has 0 spiro atoms. The zero-order valence-corrected chi connectivity index (χ0v) is 11.8. The van der Waals surface area contributed by atoms with E-state index in [-0.39, 0.29) is 29.5 Å². The van der Waals surface area contributed by atoms with Crippen LogP contribution in [0.2, 0.25) is 0 Å². The number of rotatable bonds is 0. The van der Waals surface area contributed by atoms with Crippen molar-refractivity contribution in [3.63, 3.8) is 0 Å². The molecule has 0 aromatic rings. The first kappa shape index (κ1) is 13.5. The van der Waals surface area contributed by atoms with Gasteiger partial charge in [0.15, 0.2) is 5.17 Å². The molecule has 0 atom stereocenters. The fourth-order valence-electron chi connectivity index (χ4n) is 1.00. The third-order valence-corrected chi connectivity index (χ3v) is 2.61. The van der Waals surface area contributed by atoms with Gasteiger partial charge in [0.1, 0.15) is 0 Å². The second-order valence-electron chi connectivity index (χ2n) is 3.85. The van der Waals surface area contributed by atoms with Gasteiger partial charge >= 0.3 is 0 Å². The molecule has 0 aliphatic carbocycles. The number of thioether (sulfide) groups is 1. The highest BCUT2D eigenvalue weighted by molar-refractivity contribution is 14.0. The van der Waals surface area contributed by atoms with E-state index in [1.807, 2.05) is 6.26 Å². The van der Waals surface area contributed by atoms with Crippen LogP contribution in [0.5, 0.6) is 0 Å². The van der Waals surface area contributed by atoms with Crippen LogP contribution in [-0.2, 0) is 0 Å². The second-order valence-corrected chi connectivity index (χ2v) is 4.65. The monoisotopic (exact) mass is 315 g/mol. The zero-order chi connectivity index (χ0) is 9.19. The van der Waals surface area contributed by atoms with Crippen LogP contribution in [-0.4, -0.2) is 35.2 Å². The first-order valence-corrected chi connectivity index (χ1v) is 5.34. The molecule has 0 amide bonds. The van der Waals surface area contributed by atoms with Crippen LogP contribution in [0.4, 0.5) is 0 Å². The van der Waals surface area contributed by atoms with E-state index in [0.717, 1.165) is 18.5 Å². The van der Waals surface area contributed by atoms with Crippen LogP contribution in [0.25, 0.3) is 0 Å². The van der Waals surface area contributed by atoms with E-state index in [1.54, 1.807) is 11.8 Å². The molecular formula is C8H18IN3S. The first-order chi connectivity index (χ1) is 5.54. The minimum atomic E-state index is 0. The maximum absolute atomic E-state index is 4.39. The third-order valence-electron chi connectivity index (χ3n) is 1.95. The Bertz CT molecular complexity index is 188. The standard InChI is InChI=1S/C8H17N3S.HI/c1-8(2,3)11-5-9-7(12-4)10-6-11;/h5-6H2,1-4H3,(H,9,10);1H. The molecule has 0 aromatic carbocycles. The molecule has 3 nitrogen and oxygen atoms in total. The van der Waals surface area contributed by atoms with E-state index in [4.69, 9.17) is 0 Å². The Morgan fingerprint density at radius 1 is 1.46 bits per heavy atom. The predicted octanol–water partition coefficient (Wildman–Crippen LogP) is 1.94. The van der Waals surface area contributed by atoms with Crippen molar-refractivity contribution in [2.75, 3.05) is 19.6 Å². The Kier molecular flexibility index (Phi) is 5.62. The van der Waals surface area contributed by atoms with Crippen molar-refractivity contribution in [2.45, 2.75) is 26.3 Å². The quantitative estimate of drug-likeness (QED) is 0.693. The van der Waals surface area contributed by atoms with Gasteiger partial charge in [-0.2, -0.15) is 0 Å². The molecule has 0 unspecified atom stereocenters. The van der Waals surface area contributed by atoms with Gasteiger partial charge in [-0.25, -0.2) is 4.99 Å². The van der Waals surface area contributed by atoms with Gasteiger partial charge in [-0.05, 0) is 27.0 Å². The van der Waals surface area contributed by atoms with Crippen LogP contribution in [0.15, 0.2) is 4.99 Å². The Labute approximate surface area is 102 Å². The Balaban J connectivity index is 0.00000144. The van der Waals surface area contributed by atoms with Crippen LogP contribution < -0.4 is 5.32 Å². The van der Waals surface area contributed by atoms with E-state index in [0.29, 0.717) is 0 Å². The highest BCUT2D eigenvalue weighted by atomic mass is 127. The molecule has 1 heterocycles. The molecule has 0 fully saturated rings. The minimum absolute atomic E-state index is 0. The van der Waals surface area contributed by atoms with E-state index >= 15 is 0 Å². The molecule has 0 saturated heterocycles. The lowest BCUT2D eigenvalue weighted by Gasteiger charge is -2.36. The van der Waals surface area contributed by atoms with Gasteiger partial charge in [-0.3, -0.25) is 4.90 Å². The Hall–Kier alpha value is 0.510. The molecule has 1 N–H and O–H groups in total. The van der Waals surface area contributed by atoms with Gasteiger partial charge in [0, 0.05) is 5.54 Å². The van der Waals surface area contributed by atoms with Gasteiger partial charge in [0.2, 0.25) is 0 Å². The molecular weight excluding hydrogens is 297 g/mol. The number of amidine groups is 1. The molecule has 78 valence electrons. The topological polar surface area (TPSA) is 27.6 Å². The summed E-state index contributed by atoms with van der Waals surface area (Å²) in [5.41, 5.74) is 0.209. The van der Waals surface area contributed by atoms with Crippen LogP contribution in [0.3, 0.4) is 0 Å². The summed E-state index contributed by atoms with van der Waals surface area (Å²) in [7, 11) is 0. The number of hydrogen-bond acceptors (Lipinski definition) is 4. The molecule has 1 aliphatic heterocycles.